The Hall–Kier alpha value is -2.56. The van der Waals surface area contributed by atoms with Gasteiger partial charge in [0.25, 0.3) is 0 Å². The Morgan fingerprint density at radius 2 is 1.58 bits per heavy atom. The Balaban J connectivity index is 1.57. The molecule has 2 heterocycles. The van der Waals surface area contributed by atoms with Crippen molar-refractivity contribution in [2.45, 2.75) is 26.7 Å². The molecule has 3 atom stereocenters. The van der Waals surface area contributed by atoms with Gasteiger partial charge < -0.3 is 5.32 Å². The first-order valence-electron chi connectivity index (χ1n) is 12.6. The van der Waals surface area contributed by atoms with Crippen LogP contribution in [0.2, 0.25) is 0 Å². The summed E-state index contributed by atoms with van der Waals surface area (Å²) in [7, 11) is 2.10. The molecule has 2 N–H and O–H groups in total. The van der Waals surface area contributed by atoms with Gasteiger partial charge in [-0.1, -0.05) is 63.8 Å². The molecule has 0 spiro atoms. The Labute approximate surface area is 238 Å². The number of likely N-dealkylation sites (tertiary alicyclic amines) is 1. The smallest absolute Gasteiger partial charge is 0.241 e. The van der Waals surface area contributed by atoms with Crippen LogP contribution in [0.3, 0.4) is 0 Å². The molecular weight excluding hydrogens is 613 g/mol. The summed E-state index contributed by atoms with van der Waals surface area (Å²) in [5.74, 6) is -2.21. The summed E-state index contributed by atoms with van der Waals surface area (Å²) >= 11 is 2.36. The fraction of sp³-hybridized carbons (Fsp3) is 0.333. The van der Waals surface area contributed by atoms with E-state index in [1.807, 2.05) is 56.3 Å². The molecule has 0 saturated carbocycles. The number of carbonyl (C=O) groups excluding carboxylic acids is 4. The zero-order valence-corrected chi connectivity index (χ0v) is 24.8. The topological polar surface area (TPSA) is 98.8 Å². The number of hydrogen-bond acceptors (Lipinski definition) is 6. The lowest BCUT2D eigenvalue weighted by molar-refractivity contribution is -0.139. The zero-order valence-electron chi connectivity index (χ0n) is 21.7. The summed E-state index contributed by atoms with van der Waals surface area (Å²) in [6, 6.07) is 17.0. The number of benzene rings is 2. The highest BCUT2D eigenvalue weighted by Gasteiger charge is 2.45. The van der Waals surface area contributed by atoms with Crippen molar-refractivity contribution in [3.63, 3.8) is 0 Å². The Morgan fingerprint density at radius 1 is 0.947 bits per heavy atom. The average Bonchev–Trinajstić information content (AvgIpc) is 3.35. The molecule has 0 radical (unpaired) electrons. The van der Waals surface area contributed by atoms with E-state index in [9.17, 15) is 19.2 Å². The quantitative estimate of drug-likeness (QED) is 0.134. The molecule has 11 heteroatoms. The van der Waals surface area contributed by atoms with Gasteiger partial charge in [-0.15, -0.1) is 0 Å². The van der Waals surface area contributed by atoms with Crippen LogP contribution in [0.25, 0.3) is 0 Å². The highest BCUT2D eigenvalue weighted by molar-refractivity contribution is 14.2. The second-order valence-electron chi connectivity index (χ2n) is 9.51. The summed E-state index contributed by atoms with van der Waals surface area (Å²) in [6.07, 6.45) is 0.784. The number of anilines is 3. The lowest BCUT2D eigenvalue weighted by Gasteiger charge is -2.22. The molecule has 0 aromatic heterocycles. The van der Waals surface area contributed by atoms with Gasteiger partial charge in [-0.05, 0) is 56.0 Å². The van der Waals surface area contributed by atoms with Crippen molar-refractivity contribution in [3.8, 4) is 0 Å². The average molecular weight is 644 g/mol. The first-order valence-corrected chi connectivity index (χ1v) is 17.4. The summed E-state index contributed by atoms with van der Waals surface area (Å²) in [6.45, 7) is 4.60. The number of amides is 4. The number of rotatable bonds is 10. The van der Waals surface area contributed by atoms with E-state index in [-0.39, 0.29) is 43.1 Å². The van der Waals surface area contributed by atoms with Crippen LogP contribution in [0.1, 0.15) is 26.7 Å². The monoisotopic (exact) mass is 644 g/mol. The summed E-state index contributed by atoms with van der Waals surface area (Å²) < 4.78 is 0. The van der Waals surface area contributed by atoms with E-state index in [1.165, 1.54) is 9.80 Å². The van der Waals surface area contributed by atoms with Crippen molar-refractivity contribution in [3.05, 3.63) is 65.7 Å². The van der Waals surface area contributed by atoms with E-state index >= 15 is 0 Å². The molecule has 2 saturated heterocycles. The highest BCUT2D eigenvalue weighted by Crippen LogP contribution is 2.46. The predicted octanol–water partition coefficient (Wildman–Crippen LogP) is 3.95. The molecule has 2 aliphatic heterocycles. The van der Waals surface area contributed by atoms with Crippen LogP contribution < -0.4 is 15.5 Å². The molecule has 8 nitrogen and oxygen atoms in total. The minimum Gasteiger partial charge on any atom is -0.356 e. The molecule has 4 rings (SSSR count). The van der Waals surface area contributed by atoms with Crippen LogP contribution >= 0.6 is 27.5 Å². The number of nitrogens with zero attached hydrogens (tertiary/aromatic N) is 2. The van der Waals surface area contributed by atoms with E-state index in [2.05, 4.69) is 40.2 Å². The zero-order chi connectivity index (χ0) is 27.4. The van der Waals surface area contributed by atoms with Gasteiger partial charge >= 0.3 is 0 Å². The maximum Gasteiger partial charge on any atom is 0.241 e. The minimum absolute atomic E-state index is 0.0608. The second kappa shape index (κ2) is 12.5. The van der Waals surface area contributed by atoms with Crippen molar-refractivity contribution in [1.82, 2.24) is 10.2 Å². The van der Waals surface area contributed by atoms with Gasteiger partial charge in [0, 0.05) is 24.2 Å². The van der Waals surface area contributed by atoms with Gasteiger partial charge in [0.15, 0.2) is 0 Å². The van der Waals surface area contributed by atoms with Crippen LogP contribution in [0.15, 0.2) is 65.7 Å². The van der Waals surface area contributed by atoms with Gasteiger partial charge in [0.05, 0.1) is 24.2 Å². The van der Waals surface area contributed by atoms with Gasteiger partial charge in [-0.2, -0.15) is 0 Å². The van der Waals surface area contributed by atoms with Crippen LogP contribution in [0.5, 0.6) is 0 Å². The molecule has 2 aromatic carbocycles. The normalized spacial score (nSPS) is 21.2. The largest absolute Gasteiger partial charge is 0.356 e. The Morgan fingerprint density at radius 3 is 2.21 bits per heavy atom. The molecular formula is C27H31BIN4O4P. The van der Waals surface area contributed by atoms with Crippen LogP contribution in [-0.4, -0.2) is 55.5 Å². The minimum atomic E-state index is -0.630. The number of para-hydroxylation sites is 1. The SMILES string of the molecule is BP(I)C/C(=C(\C)C1CC(=O)N(CNCC)C1=O)C1CC(=O)N(c2ccc(Nc3ccccc3)cc2)C1=O. The lowest BCUT2D eigenvalue weighted by atomic mass is 9.87. The molecule has 0 bridgehead atoms. The van der Waals surface area contributed by atoms with Crippen LogP contribution in [0.4, 0.5) is 17.1 Å². The summed E-state index contributed by atoms with van der Waals surface area (Å²) in [5, 5.41) is 6.34. The predicted molar refractivity (Wildman–Crippen MR) is 162 cm³/mol. The Kier molecular flexibility index (Phi) is 9.38. The number of imide groups is 2. The standard InChI is InChI=1S/C27H31BIN4O4P/c1-3-30-16-32-24(34)13-21(26(32)36)17(2)23(15-38(28)29)22-14-25(35)33(27(22)37)20-11-9-19(10-12-20)31-18-7-5-4-6-8-18/h4-12,21-22,30-31H,3,13-16,28H2,1-2H3/b23-17-. The van der Waals surface area contributed by atoms with Crippen LogP contribution in [0, 0.1) is 11.8 Å². The summed E-state index contributed by atoms with van der Waals surface area (Å²) in [4.78, 5) is 55.0. The van der Waals surface area contributed by atoms with E-state index in [4.69, 9.17) is 0 Å². The number of halogens is 1. The fourth-order valence-corrected chi connectivity index (χ4v) is 6.98. The number of carbonyl (C=O) groups is 4. The van der Waals surface area contributed by atoms with Gasteiger partial charge in [0.1, 0.15) is 7.57 Å². The third kappa shape index (κ3) is 6.19. The van der Waals surface area contributed by atoms with Gasteiger partial charge in [0.2, 0.25) is 23.6 Å². The van der Waals surface area contributed by atoms with E-state index in [0.29, 0.717) is 18.4 Å². The van der Waals surface area contributed by atoms with E-state index in [1.54, 1.807) is 12.1 Å². The molecule has 4 amide bonds. The summed E-state index contributed by atoms with van der Waals surface area (Å²) in [5.41, 5.74) is 3.41. The number of hydrogen-bond donors (Lipinski definition) is 2. The third-order valence-electron chi connectivity index (χ3n) is 6.94. The number of nitrogens with one attached hydrogen (secondary N) is 2. The maximum absolute atomic E-state index is 13.7. The Bertz CT molecular complexity index is 1260. The molecule has 38 heavy (non-hydrogen) atoms. The van der Waals surface area contributed by atoms with Gasteiger partial charge in [-0.25, -0.2) is 0 Å². The third-order valence-corrected chi connectivity index (χ3v) is 8.74. The van der Waals surface area contributed by atoms with Crippen LogP contribution in [-0.2, 0) is 19.2 Å². The molecule has 2 aliphatic rings. The van der Waals surface area contributed by atoms with Crippen molar-refractivity contribution >= 4 is 75.7 Å². The van der Waals surface area contributed by atoms with Crippen molar-refractivity contribution in [1.29, 1.82) is 0 Å². The second-order valence-corrected chi connectivity index (χ2v) is 16.0. The van der Waals surface area contributed by atoms with E-state index < -0.39 is 17.3 Å². The molecule has 2 fully saturated rings. The van der Waals surface area contributed by atoms with Gasteiger partial charge in [-0.3, -0.25) is 34.3 Å². The molecule has 3 unspecified atom stereocenters. The maximum atomic E-state index is 13.7. The molecule has 0 aliphatic carbocycles. The first-order chi connectivity index (χ1) is 18.2. The highest BCUT2D eigenvalue weighted by atomic mass is 127. The van der Waals surface area contributed by atoms with Crippen molar-refractivity contribution < 1.29 is 19.2 Å². The first kappa shape index (κ1) is 28.5. The van der Waals surface area contributed by atoms with E-state index in [0.717, 1.165) is 22.5 Å². The fourth-order valence-electron chi connectivity index (χ4n) is 4.94. The van der Waals surface area contributed by atoms with Crippen molar-refractivity contribution in [2.24, 2.45) is 11.8 Å². The van der Waals surface area contributed by atoms with Crippen molar-refractivity contribution in [2.75, 3.05) is 29.6 Å². The lowest BCUT2D eigenvalue weighted by Crippen LogP contribution is -2.39. The molecule has 198 valence electrons. The molecule has 2 aromatic rings.